The first-order valence-corrected chi connectivity index (χ1v) is 14.9. The predicted octanol–water partition coefficient (Wildman–Crippen LogP) is 5.27. The van der Waals surface area contributed by atoms with Crippen LogP contribution in [0, 0.1) is 23.2 Å². The molecular formula is C29H42ClN3O5. The Morgan fingerprint density at radius 3 is 2.53 bits per heavy atom. The van der Waals surface area contributed by atoms with Crippen molar-refractivity contribution in [2.45, 2.75) is 83.3 Å². The normalized spacial score (nSPS) is 29.7. The van der Waals surface area contributed by atoms with Crippen LogP contribution in [0.3, 0.4) is 0 Å². The van der Waals surface area contributed by atoms with Gasteiger partial charge in [-0.05, 0) is 106 Å². The van der Waals surface area contributed by atoms with Gasteiger partial charge in [-0.25, -0.2) is 4.79 Å². The van der Waals surface area contributed by atoms with E-state index in [9.17, 15) is 9.59 Å². The summed E-state index contributed by atoms with van der Waals surface area (Å²) >= 11 is 6.35. The summed E-state index contributed by atoms with van der Waals surface area (Å²) in [4.78, 5) is 29.3. The quantitative estimate of drug-likeness (QED) is 0.346. The van der Waals surface area contributed by atoms with Gasteiger partial charge in [-0.2, -0.15) is 0 Å². The predicted molar refractivity (Wildman–Crippen MR) is 144 cm³/mol. The third-order valence-electron chi connectivity index (χ3n) is 8.79. The molecule has 6 rings (SSSR count). The summed E-state index contributed by atoms with van der Waals surface area (Å²) in [6.45, 7) is 2.82. The summed E-state index contributed by atoms with van der Waals surface area (Å²) in [5.74, 6) is 2.45. The number of nitrogens with one attached hydrogen (secondary N) is 2. The molecular weight excluding hydrogens is 506 g/mol. The van der Waals surface area contributed by atoms with Crippen molar-refractivity contribution in [3.63, 3.8) is 0 Å². The Morgan fingerprint density at radius 2 is 1.82 bits per heavy atom. The molecule has 0 radical (unpaired) electrons. The highest BCUT2D eigenvalue weighted by Gasteiger charge is 2.50. The van der Waals surface area contributed by atoms with E-state index in [0.717, 1.165) is 55.9 Å². The fourth-order valence-electron chi connectivity index (χ4n) is 7.45. The molecule has 0 spiro atoms. The van der Waals surface area contributed by atoms with Gasteiger partial charge in [-0.15, -0.1) is 0 Å². The maximum absolute atomic E-state index is 13.1. The number of hydrogen-bond acceptors (Lipinski definition) is 6. The fraction of sp³-hybridized carbons (Fsp3) is 0.759. The van der Waals surface area contributed by atoms with Crippen molar-refractivity contribution in [2.24, 2.45) is 23.2 Å². The third-order valence-corrected chi connectivity index (χ3v) is 9.09. The molecule has 2 amide bonds. The standard InChI is InChI=1S/C29H42ClN3O5/c30-25-18-32-23(5-3-9-38-28(35)31-7-4-10-37-26-6-1-2-8-36-26)14-24(25)27(34)33-19-29-15-20-11-21(16-29)13-22(12-20)17-29/h14,18,20-22,26H,1-13,15-17,19H2,(H,31,35)(H,33,34). The van der Waals surface area contributed by atoms with Gasteiger partial charge in [0.2, 0.25) is 0 Å². The van der Waals surface area contributed by atoms with Crippen LogP contribution in [0.25, 0.3) is 0 Å². The van der Waals surface area contributed by atoms with E-state index < -0.39 is 6.09 Å². The zero-order chi connectivity index (χ0) is 26.4. The van der Waals surface area contributed by atoms with Crippen molar-refractivity contribution >= 4 is 23.6 Å². The lowest BCUT2D eigenvalue weighted by atomic mass is 9.49. The van der Waals surface area contributed by atoms with Crippen LogP contribution in [0.1, 0.15) is 86.7 Å². The molecule has 2 heterocycles. The highest BCUT2D eigenvalue weighted by atomic mass is 35.5. The lowest BCUT2D eigenvalue weighted by molar-refractivity contribution is -0.162. The van der Waals surface area contributed by atoms with Crippen LogP contribution in [0.4, 0.5) is 4.79 Å². The van der Waals surface area contributed by atoms with Gasteiger partial charge < -0.3 is 24.8 Å². The number of nitrogens with zero attached hydrogens (tertiary/aromatic N) is 1. The Kier molecular flexibility index (Phi) is 9.44. The summed E-state index contributed by atoms with van der Waals surface area (Å²) in [5, 5.41) is 6.32. The lowest BCUT2D eigenvalue weighted by Crippen LogP contribution is -2.51. The van der Waals surface area contributed by atoms with Crippen molar-refractivity contribution in [3.8, 4) is 0 Å². The van der Waals surface area contributed by atoms with Crippen LogP contribution in [0.5, 0.6) is 0 Å². The van der Waals surface area contributed by atoms with Crippen molar-refractivity contribution in [1.82, 2.24) is 15.6 Å². The maximum atomic E-state index is 13.1. The molecule has 38 heavy (non-hydrogen) atoms. The Labute approximate surface area is 230 Å². The van der Waals surface area contributed by atoms with Gasteiger partial charge in [-0.3, -0.25) is 9.78 Å². The van der Waals surface area contributed by atoms with E-state index in [0.29, 0.717) is 43.0 Å². The Balaban J connectivity index is 0.982. The van der Waals surface area contributed by atoms with E-state index in [1.54, 1.807) is 12.3 Å². The summed E-state index contributed by atoms with van der Waals surface area (Å²) < 4.78 is 16.4. The third kappa shape index (κ3) is 7.39. The van der Waals surface area contributed by atoms with E-state index in [1.807, 2.05) is 0 Å². The number of hydrogen-bond donors (Lipinski definition) is 2. The van der Waals surface area contributed by atoms with Crippen LogP contribution in [-0.2, 0) is 20.6 Å². The molecule has 210 valence electrons. The van der Waals surface area contributed by atoms with Crippen molar-refractivity contribution in [2.75, 3.05) is 32.9 Å². The molecule has 9 heteroatoms. The highest BCUT2D eigenvalue weighted by Crippen LogP contribution is 2.59. The number of halogens is 1. The number of aryl methyl sites for hydroxylation is 1. The van der Waals surface area contributed by atoms with Gasteiger partial charge in [0.15, 0.2) is 6.29 Å². The van der Waals surface area contributed by atoms with Gasteiger partial charge in [0.05, 0.1) is 23.8 Å². The molecule has 8 nitrogen and oxygen atoms in total. The first-order valence-electron chi connectivity index (χ1n) is 14.5. The topological polar surface area (TPSA) is 98.8 Å². The summed E-state index contributed by atoms with van der Waals surface area (Å²) in [5.41, 5.74) is 1.52. The zero-order valence-electron chi connectivity index (χ0n) is 22.4. The molecule has 1 atom stereocenters. The van der Waals surface area contributed by atoms with E-state index in [1.165, 1.54) is 38.5 Å². The zero-order valence-corrected chi connectivity index (χ0v) is 23.1. The number of alkyl carbamates (subject to hydrolysis) is 1. The smallest absolute Gasteiger partial charge is 0.407 e. The van der Waals surface area contributed by atoms with Gasteiger partial charge in [0, 0.05) is 31.6 Å². The van der Waals surface area contributed by atoms with Gasteiger partial charge >= 0.3 is 6.09 Å². The largest absolute Gasteiger partial charge is 0.450 e. The van der Waals surface area contributed by atoms with Crippen LogP contribution < -0.4 is 10.6 Å². The van der Waals surface area contributed by atoms with Crippen LogP contribution in [-0.4, -0.2) is 56.2 Å². The molecule has 1 aromatic rings. The minimum Gasteiger partial charge on any atom is -0.450 e. The lowest BCUT2D eigenvalue weighted by Gasteiger charge is -2.56. The second kappa shape index (κ2) is 13.0. The number of amides is 2. The minimum atomic E-state index is -0.437. The molecule has 0 aromatic carbocycles. The maximum Gasteiger partial charge on any atom is 0.407 e. The van der Waals surface area contributed by atoms with Crippen molar-refractivity contribution in [1.29, 1.82) is 0 Å². The number of aromatic nitrogens is 1. The Bertz CT molecular complexity index is 932. The van der Waals surface area contributed by atoms with E-state index in [4.69, 9.17) is 25.8 Å². The highest BCUT2D eigenvalue weighted by molar-refractivity contribution is 6.33. The molecule has 1 aliphatic heterocycles. The van der Waals surface area contributed by atoms with Crippen molar-refractivity contribution < 1.29 is 23.8 Å². The second-order valence-corrected chi connectivity index (χ2v) is 12.3. The molecule has 5 aliphatic rings. The summed E-state index contributed by atoms with van der Waals surface area (Å²) in [7, 11) is 0. The number of ether oxygens (including phenoxy) is 3. The Hall–Kier alpha value is -1.90. The second-order valence-electron chi connectivity index (χ2n) is 11.9. The van der Waals surface area contributed by atoms with Crippen LogP contribution >= 0.6 is 11.6 Å². The van der Waals surface area contributed by atoms with Crippen LogP contribution in [0.15, 0.2) is 12.3 Å². The van der Waals surface area contributed by atoms with E-state index in [2.05, 4.69) is 15.6 Å². The molecule has 1 saturated heterocycles. The molecule has 2 N–H and O–H groups in total. The molecule has 1 unspecified atom stereocenters. The Morgan fingerprint density at radius 1 is 1.05 bits per heavy atom. The summed E-state index contributed by atoms with van der Waals surface area (Å²) in [6, 6.07) is 1.77. The number of rotatable bonds is 12. The number of carbonyl (C=O) groups excluding carboxylic acids is 2. The monoisotopic (exact) mass is 547 g/mol. The summed E-state index contributed by atoms with van der Waals surface area (Å²) in [6.07, 6.45) is 14.0. The average Bonchev–Trinajstić information content (AvgIpc) is 2.90. The first-order chi connectivity index (χ1) is 18.5. The van der Waals surface area contributed by atoms with Crippen LogP contribution in [0.2, 0.25) is 5.02 Å². The number of pyridine rings is 1. The molecule has 5 fully saturated rings. The molecule has 4 aliphatic carbocycles. The van der Waals surface area contributed by atoms with E-state index in [-0.39, 0.29) is 24.2 Å². The average molecular weight is 548 g/mol. The minimum absolute atomic E-state index is 0.106. The van der Waals surface area contributed by atoms with Crippen molar-refractivity contribution in [3.05, 3.63) is 28.5 Å². The molecule has 4 bridgehead atoms. The number of carbonyl (C=O) groups is 2. The molecule has 1 aromatic heterocycles. The fourth-order valence-corrected chi connectivity index (χ4v) is 7.64. The van der Waals surface area contributed by atoms with Gasteiger partial charge in [0.25, 0.3) is 5.91 Å². The SMILES string of the molecule is O=C(NCCCOC1CCCCO1)OCCCc1cc(C(=O)NCC23CC4CC(CC(C4)C2)C3)c(Cl)cn1. The van der Waals surface area contributed by atoms with Gasteiger partial charge in [-0.1, -0.05) is 11.6 Å². The first kappa shape index (κ1) is 27.7. The molecule has 4 saturated carbocycles. The van der Waals surface area contributed by atoms with Gasteiger partial charge in [0.1, 0.15) is 0 Å². The van der Waals surface area contributed by atoms with E-state index >= 15 is 0 Å².